The average Bonchev–Trinajstić information content (AvgIpc) is 0.811. The molecule has 0 aromatic carbocycles. The van der Waals surface area contributed by atoms with E-state index in [2.05, 4.69) is 0 Å². The molecule has 0 heterocycles. The van der Waals surface area contributed by atoms with Crippen LogP contribution in [0.3, 0.4) is 0 Å². The molecule has 2 nitrogen and oxygen atoms in total. The Bertz CT molecular complexity index is 34.5. The fourth-order valence-corrected chi connectivity index (χ4v) is 0. The van der Waals surface area contributed by atoms with E-state index in [1.807, 2.05) is 0 Å². The molecule has 0 aliphatic heterocycles. The number of hydrogen-bond acceptors (Lipinski definition) is 1. The predicted molar refractivity (Wildman–Crippen MR) is 32.4 cm³/mol. The Balaban J connectivity index is -0.0000000450. The van der Waals surface area contributed by atoms with Gasteiger partial charge in [0.15, 0.2) is 24.0 Å². The Morgan fingerprint density at radius 3 is 1.67 bits per heavy atom. The molecule has 1 atom stereocenters. The largest absolute Gasteiger partial charge is 0.502 e. The Hall–Kier alpha value is 0.592. The second kappa shape index (κ2) is 9.14. The summed E-state index contributed by atoms with van der Waals surface area (Å²) in [6, 6.07) is 0. The van der Waals surface area contributed by atoms with Crippen molar-refractivity contribution in [3.63, 3.8) is 0 Å². The van der Waals surface area contributed by atoms with Crippen LogP contribution in [0.1, 0.15) is 7.43 Å². The zero-order chi connectivity index (χ0) is 3.58. The molecule has 0 saturated carbocycles. The van der Waals surface area contributed by atoms with Gasteiger partial charge in [0.05, 0.1) is 0 Å². The van der Waals surface area contributed by atoms with Gasteiger partial charge in [0, 0.05) is 0 Å². The summed E-state index contributed by atoms with van der Waals surface area (Å²) in [5.41, 5.74) is 0. The SMILES string of the molecule is C.C[P+](=O)O.[AlH3]. The summed E-state index contributed by atoms with van der Waals surface area (Å²) >= 11 is 0. The van der Waals surface area contributed by atoms with Crippen LogP contribution in [0.4, 0.5) is 0 Å². The van der Waals surface area contributed by atoms with Crippen LogP contribution in [0.25, 0.3) is 0 Å². The highest BCUT2D eigenvalue weighted by Crippen LogP contribution is 1.99. The Kier molecular flexibility index (Phi) is 24.3. The molecule has 0 aliphatic carbocycles. The van der Waals surface area contributed by atoms with E-state index in [1.165, 1.54) is 6.66 Å². The molecular weight excluding hydrogens is 114 g/mol. The van der Waals surface area contributed by atoms with E-state index in [0.717, 1.165) is 0 Å². The van der Waals surface area contributed by atoms with E-state index in [1.54, 1.807) is 0 Å². The third-order valence-electron chi connectivity index (χ3n) is 0. The molecule has 0 rings (SSSR count). The molecular formula is C2H11AlO2P+. The fraction of sp³-hybridized carbons (Fsp3) is 1.00. The molecule has 0 aromatic heterocycles. The first-order valence-corrected chi connectivity index (χ1v) is 2.49. The molecule has 0 aliphatic rings. The smallest absolute Gasteiger partial charge is 0.161 e. The van der Waals surface area contributed by atoms with Crippen LogP contribution in [0.2, 0.25) is 0 Å². The van der Waals surface area contributed by atoms with Gasteiger partial charge in [-0.15, -0.1) is 0 Å². The van der Waals surface area contributed by atoms with Crippen molar-refractivity contribution in [2.75, 3.05) is 6.66 Å². The Morgan fingerprint density at radius 2 is 1.67 bits per heavy atom. The highest BCUT2D eigenvalue weighted by Gasteiger charge is 1.86. The molecule has 0 radical (unpaired) electrons. The maximum absolute atomic E-state index is 9.15. The zero-order valence-corrected chi connectivity index (χ0v) is 3.20. The van der Waals surface area contributed by atoms with E-state index in [0.29, 0.717) is 0 Å². The maximum Gasteiger partial charge on any atom is 0.502 e. The molecule has 0 spiro atoms. The minimum Gasteiger partial charge on any atom is -0.161 e. The second-order valence-electron chi connectivity index (χ2n) is 0.464. The van der Waals surface area contributed by atoms with Crippen molar-refractivity contribution in [2.24, 2.45) is 0 Å². The van der Waals surface area contributed by atoms with Crippen molar-refractivity contribution >= 4 is 25.4 Å². The van der Waals surface area contributed by atoms with Gasteiger partial charge in [0.25, 0.3) is 0 Å². The van der Waals surface area contributed by atoms with Crippen LogP contribution in [-0.2, 0) is 4.57 Å². The van der Waals surface area contributed by atoms with Crippen LogP contribution < -0.4 is 0 Å². The van der Waals surface area contributed by atoms with Gasteiger partial charge < -0.3 is 0 Å². The monoisotopic (exact) mass is 125 g/mol. The first-order valence-electron chi connectivity index (χ1n) is 0.830. The maximum atomic E-state index is 9.15. The van der Waals surface area contributed by atoms with Crippen LogP contribution >= 0.6 is 8.03 Å². The number of rotatable bonds is 0. The van der Waals surface area contributed by atoms with Crippen molar-refractivity contribution in [2.45, 2.75) is 7.43 Å². The normalized spacial score (nSPS) is 7.33. The first kappa shape index (κ1) is 16.0. The van der Waals surface area contributed by atoms with Gasteiger partial charge >= 0.3 is 8.03 Å². The van der Waals surface area contributed by atoms with Crippen molar-refractivity contribution < 1.29 is 9.46 Å². The third-order valence-corrected chi connectivity index (χ3v) is 0. The molecule has 0 bridgehead atoms. The minimum absolute atomic E-state index is 0. The summed E-state index contributed by atoms with van der Waals surface area (Å²) in [5, 5.41) is 0. The van der Waals surface area contributed by atoms with E-state index in [-0.39, 0.29) is 24.8 Å². The number of hydrogen-bond donors (Lipinski definition) is 1. The van der Waals surface area contributed by atoms with Gasteiger partial charge in [0.1, 0.15) is 0 Å². The second-order valence-corrected chi connectivity index (χ2v) is 1.39. The minimum atomic E-state index is -1.87. The predicted octanol–water partition coefficient (Wildman–Crippen LogP) is -0.197. The summed E-state index contributed by atoms with van der Waals surface area (Å²) in [4.78, 5) is 7.56. The lowest BCUT2D eigenvalue weighted by Crippen LogP contribution is -1.35. The van der Waals surface area contributed by atoms with Crippen molar-refractivity contribution in [3.05, 3.63) is 0 Å². The lowest BCUT2D eigenvalue weighted by atomic mass is 12.0. The van der Waals surface area contributed by atoms with E-state index >= 15 is 0 Å². The topological polar surface area (TPSA) is 37.3 Å². The molecule has 0 amide bonds. The molecule has 0 aromatic rings. The fourth-order valence-electron chi connectivity index (χ4n) is 0. The van der Waals surface area contributed by atoms with Gasteiger partial charge in [-0.3, -0.25) is 0 Å². The van der Waals surface area contributed by atoms with Crippen LogP contribution in [0.15, 0.2) is 0 Å². The van der Waals surface area contributed by atoms with Crippen LogP contribution in [-0.4, -0.2) is 28.9 Å². The van der Waals surface area contributed by atoms with Gasteiger partial charge in [-0.1, -0.05) is 7.43 Å². The highest BCUT2D eigenvalue weighted by molar-refractivity contribution is 7.36. The first-order chi connectivity index (χ1) is 1.73. The lowest BCUT2D eigenvalue weighted by molar-refractivity contribution is 0.509. The molecule has 38 valence electrons. The Morgan fingerprint density at radius 1 is 1.67 bits per heavy atom. The van der Waals surface area contributed by atoms with Gasteiger partial charge in [-0.25, -0.2) is 0 Å². The molecule has 6 heavy (non-hydrogen) atoms. The van der Waals surface area contributed by atoms with Crippen LogP contribution in [0.5, 0.6) is 0 Å². The van der Waals surface area contributed by atoms with Gasteiger partial charge in [-0.2, -0.15) is 4.89 Å². The molecule has 0 fully saturated rings. The van der Waals surface area contributed by atoms with E-state index in [4.69, 9.17) is 9.46 Å². The molecule has 0 saturated heterocycles. The Labute approximate surface area is 49.6 Å². The molecule has 4 heteroatoms. The van der Waals surface area contributed by atoms with Crippen molar-refractivity contribution in [3.8, 4) is 0 Å². The highest BCUT2D eigenvalue weighted by atomic mass is 31.1. The van der Waals surface area contributed by atoms with E-state index < -0.39 is 8.03 Å². The zero-order valence-electron chi connectivity index (χ0n) is 2.30. The standard InChI is InChI=1S/CH3O2P.CH4.Al.3H/c1-4(2)3;;;;;/h1H3;1H4;;;;/p+1. The summed E-state index contributed by atoms with van der Waals surface area (Å²) in [5.74, 6) is 0. The molecule has 1 unspecified atom stereocenters. The van der Waals surface area contributed by atoms with Crippen molar-refractivity contribution in [1.82, 2.24) is 0 Å². The summed E-state index contributed by atoms with van der Waals surface area (Å²) < 4.78 is 9.15. The molecule has 1 N–H and O–H groups in total. The average molecular weight is 125 g/mol. The lowest BCUT2D eigenvalue weighted by Gasteiger charge is -1.36. The third kappa shape index (κ3) is 169. The summed E-state index contributed by atoms with van der Waals surface area (Å²) in [7, 11) is -1.87. The van der Waals surface area contributed by atoms with Crippen LogP contribution in [0, 0.1) is 0 Å². The quantitative estimate of drug-likeness (QED) is 0.359. The summed E-state index contributed by atoms with van der Waals surface area (Å²) in [6.07, 6.45) is 0. The van der Waals surface area contributed by atoms with Gasteiger partial charge in [-0.05, 0) is 4.57 Å². The summed E-state index contributed by atoms with van der Waals surface area (Å²) in [6.45, 7) is 1.23. The van der Waals surface area contributed by atoms with Gasteiger partial charge in [0.2, 0.25) is 0 Å². The van der Waals surface area contributed by atoms with E-state index in [9.17, 15) is 0 Å². The van der Waals surface area contributed by atoms with Crippen molar-refractivity contribution in [1.29, 1.82) is 0 Å².